The Balaban J connectivity index is 2.02. The lowest BCUT2D eigenvalue weighted by Gasteiger charge is -2.10. The Morgan fingerprint density at radius 2 is 1.96 bits per heavy atom. The van der Waals surface area contributed by atoms with Gasteiger partial charge in [0.15, 0.2) is 0 Å². The molecule has 23 heavy (non-hydrogen) atoms. The average molecular weight is 302 g/mol. The topological polar surface area (TPSA) is 45.8 Å². The highest BCUT2D eigenvalue weighted by Gasteiger charge is 2.06. The molecule has 3 rings (SSSR count). The number of nitrogens with zero attached hydrogens (tertiary/aromatic N) is 2. The minimum absolute atomic E-state index is 0.000154. The highest BCUT2D eigenvalue weighted by atomic mass is 16.1. The fourth-order valence-electron chi connectivity index (χ4n) is 2.73. The van der Waals surface area contributed by atoms with Crippen LogP contribution in [0.15, 0.2) is 59.5 Å². The molecule has 1 aromatic heterocycles. The number of fused-ring (bicyclic) bond motifs is 1. The Bertz CT molecular complexity index is 961. The van der Waals surface area contributed by atoms with E-state index in [1.54, 1.807) is 10.6 Å². The summed E-state index contributed by atoms with van der Waals surface area (Å²) in [6.07, 6.45) is 1.83. The van der Waals surface area contributed by atoms with Gasteiger partial charge in [0, 0.05) is 11.6 Å². The highest BCUT2D eigenvalue weighted by Crippen LogP contribution is 2.19. The summed E-state index contributed by atoms with van der Waals surface area (Å²) >= 11 is 0. The van der Waals surface area contributed by atoms with Crippen molar-refractivity contribution in [1.29, 1.82) is 5.26 Å². The van der Waals surface area contributed by atoms with Gasteiger partial charge in [-0.15, -0.1) is 0 Å². The molecule has 0 spiro atoms. The van der Waals surface area contributed by atoms with E-state index in [2.05, 4.69) is 26.0 Å². The average Bonchev–Trinajstić information content (AvgIpc) is 2.57. The number of aromatic nitrogens is 1. The third-order valence-corrected chi connectivity index (χ3v) is 4.08. The molecular formula is C20H18N2O. The molecule has 0 aliphatic heterocycles. The number of nitriles is 1. The summed E-state index contributed by atoms with van der Waals surface area (Å²) in [4.78, 5) is 12.7. The van der Waals surface area contributed by atoms with Crippen molar-refractivity contribution in [1.82, 2.24) is 4.57 Å². The molecule has 3 aromatic rings. The van der Waals surface area contributed by atoms with E-state index < -0.39 is 0 Å². The summed E-state index contributed by atoms with van der Waals surface area (Å²) < 4.78 is 1.69. The van der Waals surface area contributed by atoms with E-state index in [0.29, 0.717) is 18.0 Å². The Hall–Kier alpha value is -2.86. The maximum atomic E-state index is 12.7. The first-order chi connectivity index (χ1) is 11.1. The molecule has 1 heterocycles. The number of hydrogen-bond donors (Lipinski definition) is 0. The normalized spacial score (nSPS) is 10.9. The third-order valence-electron chi connectivity index (χ3n) is 4.08. The van der Waals surface area contributed by atoms with Crippen molar-refractivity contribution < 1.29 is 0 Å². The zero-order chi connectivity index (χ0) is 16.4. The van der Waals surface area contributed by atoms with E-state index in [-0.39, 0.29) is 5.56 Å². The molecule has 0 amide bonds. The zero-order valence-electron chi connectivity index (χ0n) is 13.3. The standard InChI is InChI=1S/C20H18N2O/c1-14(2)17-6-7-19-18(11-17)8-9-22(20(19)23)13-16-5-3-4-15(10-16)12-21/h3-11,14H,13H2,1-2H3. The Morgan fingerprint density at radius 1 is 1.13 bits per heavy atom. The lowest BCUT2D eigenvalue weighted by Crippen LogP contribution is -2.20. The van der Waals surface area contributed by atoms with Gasteiger partial charge in [-0.05, 0) is 46.7 Å². The molecule has 0 atom stereocenters. The molecule has 3 nitrogen and oxygen atoms in total. The van der Waals surface area contributed by atoms with E-state index in [1.807, 2.05) is 42.6 Å². The van der Waals surface area contributed by atoms with Crippen molar-refractivity contribution >= 4 is 10.8 Å². The van der Waals surface area contributed by atoms with Gasteiger partial charge >= 0.3 is 0 Å². The van der Waals surface area contributed by atoms with E-state index in [1.165, 1.54) is 5.56 Å². The number of pyridine rings is 1. The Morgan fingerprint density at radius 3 is 2.70 bits per heavy atom. The molecule has 2 aromatic carbocycles. The first-order valence-electron chi connectivity index (χ1n) is 7.70. The van der Waals surface area contributed by atoms with E-state index in [0.717, 1.165) is 16.3 Å². The molecule has 0 radical (unpaired) electrons. The van der Waals surface area contributed by atoms with Gasteiger partial charge in [0.2, 0.25) is 0 Å². The fourth-order valence-corrected chi connectivity index (χ4v) is 2.73. The maximum absolute atomic E-state index is 12.7. The van der Waals surface area contributed by atoms with Crippen LogP contribution in [0.5, 0.6) is 0 Å². The second kappa shape index (κ2) is 6.10. The summed E-state index contributed by atoms with van der Waals surface area (Å²) in [5, 5.41) is 10.7. The zero-order valence-corrected chi connectivity index (χ0v) is 13.3. The SMILES string of the molecule is CC(C)c1ccc2c(=O)n(Cc3cccc(C#N)c3)ccc2c1. The molecule has 0 aliphatic rings. The molecule has 0 fully saturated rings. The molecule has 0 saturated carbocycles. The van der Waals surface area contributed by atoms with Crippen LogP contribution in [0.2, 0.25) is 0 Å². The van der Waals surface area contributed by atoms with Crippen molar-refractivity contribution in [2.24, 2.45) is 0 Å². The Kier molecular flexibility index (Phi) is 3.99. The van der Waals surface area contributed by atoms with Crippen LogP contribution in [-0.2, 0) is 6.54 Å². The summed E-state index contributed by atoms with van der Waals surface area (Å²) in [6.45, 7) is 4.76. The number of hydrogen-bond acceptors (Lipinski definition) is 2. The smallest absolute Gasteiger partial charge is 0.258 e. The van der Waals surface area contributed by atoms with Gasteiger partial charge in [0.05, 0.1) is 18.2 Å². The summed E-state index contributed by atoms with van der Waals surface area (Å²) in [6, 6.07) is 17.5. The van der Waals surface area contributed by atoms with Crippen LogP contribution in [0.1, 0.15) is 36.5 Å². The predicted molar refractivity (Wildman–Crippen MR) is 92.6 cm³/mol. The number of rotatable bonds is 3. The van der Waals surface area contributed by atoms with Gasteiger partial charge in [-0.2, -0.15) is 5.26 Å². The first-order valence-corrected chi connectivity index (χ1v) is 7.70. The molecule has 0 bridgehead atoms. The van der Waals surface area contributed by atoms with E-state index >= 15 is 0 Å². The highest BCUT2D eigenvalue weighted by molar-refractivity contribution is 5.82. The van der Waals surface area contributed by atoms with Crippen molar-refractivity contribution in [2.75, 3.05) is 0 Å². The van der Waals surface area contributed by atoms with Gasteiger partial charge in [-0.1, -0.05) is 38.1 Å². The predicted octanol–water partition coefficient (Wildman–Crippen LogP) is 4.04. The second-order valence-corrected chi connectivity index (χ2v) is 6.06. The fraction of sp³-hybridized carbons (Fsp3) is 0.200. The van der Waals surface area contributed by atoms with Crippen LogP contribution >= 0.6 is 0 Å². The summed E-state index contributed by atoms with van der Waals surface area (Å²) in [7, 11) is 0. The molecular weight excluding hydrogens is 284 g/mol. The van der Waals surface area contributed by atoms with Crippen molar-refractivity contribution in [3.05, 3.63) is 81.8 Å². The van der Waals surface area contributed by atoms with Gasteiger partial charge in [0.25, 0.3) is 5.56 Å². The van der Waals surface area contributed by atoms with Crippen LogP contribution in [0, 0.1) is 11.3 Å². The van der Waals surface area contributed by atoms with Crippen molar-refractivity contribution in [3.8, 4) is 6.07 Å². The summed E-state index contributed by atoms with van der Waals surface area (Å²) in [5.41, 5.74) is 2.79. The molecule has 3 heteroatoms. The van der Waals surface area contributed by atoms with Gasteiger partial charge in [-0.3, -0.25) is 4.79 Å². The van der Waals surface area contributed by atoms with E-state index in [9.17, 15) is 4.79 Å². The largest absolute Gasteiger partial charge is 0.311 e. The molecule has 0 unspecified atom stereocenters. The van der Waals surface area contributed by atoms with Gasteiger partial charge in [-0.25, -0.2) is 0 Å². The molecule has 114 valence electrons. The molecule has 0 N–H and O–H groups in total. The van der Waals surface area contributed by atoms with Crippen LogP contribution < -0.4 is 5.56 Å². The summed E-state index contributed by atoms with van der Waals surface area (Å²) in [5.74, 6) is 0.440. The minimum Gasteiger partial charge on any atom is -0.311 e. The quantitative estimate of drug-likeness (QED) is 0.733. The van der Waals surface area contributed by atoms with Crippen LogP contribution in [0.3, 0.4) is 0 Å². The van der Waals surface area contributed by atoms with Crippen LogP contribution in [0.4, 0.5) is 0 Å². The van der Waals surface area contributed by atoms with Crippen molar-refractivity contribution in [2.45, 2.75) is 26.3 Å². The first kappa shape index (κ1) is 15.1. The van der Waals surface area contributed by atoms with Crippen molar-refractivity contribution in [3.63, 3.8) is 0 Å². The molecule has 0 saturated heterocycles. The minimum atomic E-state index is 0.000154. The van der Waals surface area contributed by atoms with E-state index in [4.69, 9.17) is 5.26 Å². The maximum Gasteiger partial charge on any atom is 0.258 e. The Labute approximate surface area is 135 Å². The lowest BCUT2D eigenvalue weighted by atomic mass is 10.00. The van der Waals surface area contributed by atoms with Crippen LogP contribution in [0.25, 0.3) is 10.8 Å². The number of benzene rings is 2. The van der Waals surface area contributed by atoms with Crippen LogP contribution in [-0.4, -0.2) is 4.57 Å². The lowest BCUT2D eigenvalue weighted by molar-refractivity contribution is 0.767. The van der Waals surface area contributed by atoms with Gasteiger partial charge in [0.1, 0.15) is 0 Å². The second-order valence-electron chi connectivity index (χ2n) is 6.06. The molecule has 0 aliphatic carbocycles. The third kappa shape index (κ3) is 3.02. The monoisotopic (exact) mass is 302 g/mol. The van der Waals surface area contributed by atoms with Gasteiger partial charge < -0.3 is 4.57 Å².